The van der Waals surface area contributed by atoms with Crippen LogP contribution in [-0.2, 0) is 6.54 Å². The second kappa shape index (κ2) is 6.07. The zero-order chi connectivity index (χ0) is 13.8. The zero-order valence-corrected chi connectivity index (χ0v) is 11.3. The number of piperidine rings is 1. The average molecular weight is 270 g/mol. The predicted molar refractivity (Wildman–Crippen MR) is 75.8 cm³/mol. The molecule has 1 unspecified atom stereocenters. The molecule has 1 aliphatic heterocycles. The number of hydrogen-bond acceptors (Lipinski definition) is 5. The summed E-state index contributed by atoms with van der Waals surface area (Å²) in [5, 5.41) is 9.71. The largest absolute Gasteiger partial charge is 0.392 e. The highest BCUT2D eigenvalue weighted by molar-refractivity contribution is 5.52. The van der Waals surface area contributed by atoms with Gasteiger partial charge in [0.15, 0.2) is 5.82 Å². The standard InChI is InChI=1S/C15H18N4O/c20-14-4-2-8-19(11-14)10-13-5-7-17-15(18-13)12-3-1-6-16-9-12/h1,3,5-7,9,14,20H,2,4,8,10-11H2. The lowest BCUT2D eigenvalue weighted by Crippen LogP contribution is -2.37. The van der Waals surface area contributed by atoms with E-state index >= 15 is 0 Å². The summed E-state index contributed by atoms with van der Waals surface area (Å²) >= 11 is 0. The summed E-state index contributed by atoms with van der Waals surface area (Å²) in [5.74, 6) is 0.702. The van der Waals surface area contributed by atoms with E-state index in [1.165, 1.54) is 0 Å². The summed E-state index contributed by atoms with van der Waals surface area (Å²) in [6, 6.07) is 5.77. The number of nitrogens with zero attached hydrogens (tertiary/aromatic N) is 4. The monoisotopic (exact) mass is 270 g/mol. The SMILES string of the molecule is OC1CCCN(Cc2ccnc(-c3cccnc3)n2)C1. The van der Waals surface area contributed by atoms with E-state index in [4.69, 9.17) is 0 Å². The molecule has 1 saturated heterocycles. The Kier molecular flexibility index (Phi) is 3.99. The molecule has 104 valence electrons. The topological polar surface area (TPSA) is 62.1 Å². The smallest absolute Gasteiger partial charge is 0.160 e. The van der Waals surface area contributed by atoms with E-state index in [2.05, 4.69) is 19.9 Å². The van der Waals surface area contributed by atoms with E-state index in [0.717, 1.165) is 43.7 Å². The van der Waals surface area contributed by atoms with Crippen molar-refractivity contribution < 1.29 is 5.11 Å². The Morgan fingerprint density at radius 3 is 3.05 bits per heavy atom. The molecule has 3 rings (SSSR count). The molecule has 0 aliphatic carbocycles. The molecule has 0 bridgehead atoms. The molecule has 5 nitrogen and oxygen atoms in total. The van der Waals surface area contributed by atoms with Crippen molar-refractivity contribution in [3.63, 3.8) is 0 Å². The Bertz CT molecular complexity index is 561. The van der Waals surface area contributed by atoms with Gasteiger partial charge in [-0.3, -0.25) is 9.88 Å². The van der Waals surface area contributed by atoms with Crippen LogP contribution in [0.25, 0.3) is 11.4 Å². The highest BCUT2D eigenvalue weighted by atomic mass is 16.3. The lowest BCUT2D eigenvalue weighted by Gasteiger charge is -2.29. The maximum atomic E-state index is 9.71. The number of aliphatic hydroxyl groups is 1. The van der Waals surface area contributed by atoms with Crippen molar-refractivity contribution in [3.05, 3.63) is 42.5 Å². The number of likely N-dealkylation sites (tertiary alicyclic amines) is 1. The van der Waals surface area contributed by atoms with Gasteiger partial charge in [-0.2, -0.15) is 0 Å². The Labute approximate surface area is 118 Å². The summed E-state index contributed by atoms with van der Waals surface area (Å²) < 4.78 is 0. The summed E-state index contributed by atoms with van der Waals surface area (Å²) in [6.07, 6.45) is 7.03. The normalized spacial score (nSPS) is 19.9. The number of pyridine rings is 1. The molecule has 0 spiro atoms. The van der Waals surface area contributed by atoms with Gasteiger partial charge in [0.1, 0.15) is 0 Å². The molecule has 1 fully saturated rings. The van der Waals surface area contributed by atoms with Crippen molar-refractivity contribution >= 4 is 0 Å². The molecule has 20 heavy (non-hydrogen) atoms. The third kappa shape index (κ3) is 3.18. The molecule has 5 heteroatoms. The van der Waals surface area contributed by atoms with Crippen LogP contribution in [0.2, 0.25) is 0 Å². The third-order valence-electron chi connectivity index (χ3n) is 3.50. The van der Waals surface area contributed by atoms with Crippen molar-refractivity contribution in [2.45, 2.75) is 25.5 Å². The average Bonchev–Trinajstić information content (AvgIpc) is 2.48. The van der Waals surface area contributed by atoms with Crippen LogP contribution in [0.1, 0.15) is 18.5 Å². The minimum absolute atomic E-state index is 0.205. The zero-order valence-electron chi connectivity index (χ0n) is 11.3. The van der Waals surface area contributed by atoms with Crippen molar-refractivity contribution in [2.75, 3.05) is 13.1 Å². The van der Waals surface area contributed by atoms with Crippen LogP contribution in [0, 0.1) is 0 Å². The fourth-order valence-electron chi connectivity index (χ4n) is 2.52. The van der Waals surface area contributed by atoms with Gasteiger partial charge in [-0.05, 0) is 37.6 Å². The van der Waals surface area contributed by atoms with Crippen molar-refractivity contribution in [2.24, 2.45) is 0 Å². The molecule has 3 heterocycles. The minimum Gasteiger partial charge on any atom is -0.392 e. The van der Waals surface area contributed by atoms with Crippen LogP contribution in [0.4, 0.5) is 0 Å². The van der Waals surface area contributed by atoms with E-state index in [9.17, 15) is 5.11 Å². The third-order valence-corrected chi connectivity index (χ3v) is 3.50. The van der Waals surface area contributed by atoms with Gasteiger partial charge >= 0.3 is 0 Å². The lowest BCUT2D eigenvalue weighted by atomic mass is 10.1. The van der Waals surface area contributed by atoms with E-state index in [1.807, 2.05) is 18.2 Å². The maximum Gasteiger partial charge on any atom is 0.160 e. The van der Waals surface area contributed by atoms with Gasteiger partial charge in [0, 0.05) is 37.2 Å². The number of aliphatic hydroxyl groups excluding tert-OH is 1. The second-order valence-electron chi connectivity index (χ2n) is 5.14. The van der Waals surface area contributed by atoms with E-state index in [1.54, 1.807) is 18.6 Å². The first kappa shape index (κ1) is 13.1. The van der Waals surface area contributed by atoms with E-state index < -0.39 is 0 Å². The summed E-state index contributed by atoms with van der Waals surface area (Å²) in [6.45, 7) is 2.50. The first-order valence-corrected chi connectivity index (χ1v) is 6.94. The van der Waals surface area contributed by atoms with Gasteiger partial charge in [-0.15, -0.1) is 0 Å². The molecule has 0 amide bonds. The van der Waals surface area contributed by atoms with Crippen molar-refractivity contribution in [1.29, 1.82) is 0 Å². The van der Waals surface area contributed by atoms with Crippen LogP contribution in [0.15, 0.2) is 36.8 Å². The van der Waals surface area contributed by atoms with Crippen LogP contribution >= 0.6 is 0 Å². The highest BCUT2D eigenvalue weighted by Crippen LogP contribution is 2.15. The Hall–Kier alpha value is -1.85. The van der Waals surface area contributed by atoms with Gasteiger partial charge in [-0.25, -0.2) is 9.97 Å². The quantitative estimate of drug-likeness (QED) is 0.915. The van der Waals surface area contributed by atoms with Crippen molar-refractivity contribution in [1.82, 2.24) is 19.9 Å². The number of aromatic nitrogens is 3. The molecular weight excluding hydrogens is 252 g/mol. The first-order chi connectivity index (χ1) is 9.81. The lowest BCUT2D eigenvalue weighted by molar-refractivity contribution is 0.0662. The first-order valence-electron chi connectivity index (χ1n) is 6.94. The van der Waals surface area contributed by atoms with Gasteiger partial charge in [0.25, 0.3) is 0 Å². The molecule has 0 aromatic carbocycles. The molecular formula is C15H18N4O. The Morgan fingerprint density at radius 2 is 2.25 bits per heavy atom. The molecule has 1 atom stereocenters. The molecule has 1 aliphatic rings. The fourth-order valence-corrected chi connectivity index (χ4v) is 2.52. The minimum atomic E-state index is -0.205. The summed E-state index contributed by atoms with van der Waals surface area (Å²) in [4.78, 5) is 15.2. The molecule has 1 N–H and O–H groups in total. The maximum absolute atomic E-state index is 9.71. The number of β-amino-alcohol motifs (C(OH)–C–C–N with tert-alkyl or cyclic N) is 1. The fraction of sp³-hybridized carbons (Fsp3) is 0.400. The summed E-state index contributed by atoms with van der Waals surface area (Å²) in [5.41, 5.74) is 1.90. The van der Waals surface area contributed by atoms with Gasteiger partial charge in [-0.1, -0.05) is 0 Å². The Balaban J connectivity index is 1.74. The van der Waals surface area contributed by atoms with E-state index in [0.29, 0.717) is 5.82 Å². The molecule has 0 saturated carbocycles. The van der Waals surface area contributed by atoms with Crippen LogP contribution < -0.4 is 0 Å². The number of rotatable bonds is 3. The van der Waals surface area contributed by atoms with Gasteiger partial charge in [0.05, 0.1) is 11.8 Å². The molecule has 2 aromatic rings. The molecule has 0 radical (unpaired) electrons. The summed E-state index contributed by atoms with van der Waals surface area (Å²) in [7, 11) is 0. The van der Waals surface area contributed by atoms with Crippen LogP contribution in [0.5, 0.6) is 0 Å². The Morgan fingerprint density at radius 1 is 1.30 bits per heavy atom. The van der Waals surface area contributed by atoms with Crippen LogP contribution in [-0.4, -0.2) is 44.2 Å². The highest BCUT2D eigenvalue weighted by Gasteiger charge is 2.18. The van der Waals surface area contributed by atoms with E-state index in [-0.39, 0.29) is 6.10 Å². The van der Waals surface area contributed by atoms with Crippen molar-refractivity contribution in [3.8, 4) is 11.4 Å². The molecule has 2 aromatic heterocycles. The number of hydrogen-bond donors (Lipinski definition) is 1. The van der Waals surface area contributed by atoms with Gasteiger partial charge < -0.3 is 5.11 Å². The second-order valence-corrected chi connectivity index (χ2v) is 5.14. The predicted octanol–water partition coefficient (Wildman–Crippen LogP) is 1.50. The van der Waals surface area contributed by atoms with Crippen LogP contribution in [0.3, 0.4) is 0 Å². The van der Waals surface area contributed by atoms with Gasteiger partial charge in [0.2, 0.25) is 0 Å².